The molecular formula is C16H18F4N6. The molecule has 0 spiro atoms. The molecule has 26 heavy (non-hydrogen) atoms. The Morgan fingerprint density at radius 3 is 2.42 bits per heavy atom. The average Bonchev–Trinajstić information content (AvgIpc) is 2.62. The summed E-state index contributed by atoms with van der Waals surface area (Å²) in [5.41, 5.74) is -1.09. The molecule has 0 unspecified atom stereocenters. The van der Waals surface area contributed by atoms with Crippen molar-refractivity contribution < 1.29 is 17.6 Å². The van der Waals surface area contributed by atoms with Crippen molar-refractivity contribution in [2.45, 2.75) is 13.1 Å². The molecule has 140 valence electrons. The number of pyridine rings is 1. The second kappa shape index (κ2) is 7.30. The fourth-order valence-electron chi connectivity index (χ4n) is 2.72. The van der Waals surface area contributed by atoms with Crippen molar-refractivity contribution in [3.8, 4) is 0 Å². The lowest BCUT2D eigenvalue weighted by molar-refractivity contribution is -0.138. The molecule has 1 N–H and O–H groups in total. The summed E-state index contributed by atoms with van der Waals surface area (Å²) < 4.78 is 51.9. The molecule has 0 aromatic carbocycles. The quantitative estimate of drug-likeness (QED) is 0.836. The SMILES string of the molecule is CCNc1ccnc(N2CCN(c3ncc(C(F)(F)F)cc3F)CC2)n1. The fraction of sp³-hybridized carbons (Fsp3) is 0.438. The van der Waals surface area contributed by atoms with Gasteiger partial charge in [-0.25, -0.2) is 14.4 Å². The van der Waals surface area contributed by atoms with Gasteiger partial charge in [-0.3, -0.25) is 0 Å². The van der Waals surface area contributed by atoms with E-state index in [4.69, 9.17) is 0 Å². The minimum atomic E-state index is -4.61. The van der Waals surface area contributed by atoms with E-state index in [1.54, 1.807) is 17.2 Å². The number of halogens is 4. The monoisotopic (exact) mass is 370 g/mol. The van der Waals surface area contributed by atoms with Crippen LogP contribution >= 0.6 is 0 Å². The minimum absolute atomic E-state index is 0.0695. The van der Waals surface area contributed by atoms with Crippen LogP contribution in [-0.2, 0) is 6.18 Å². The summed E-state index contributed by atoms with van der Waals surface area (Å²) in [6.07, 6.45) is -2.29. The van der Waals surface area contributed by atoms with Crippen LogP contribution in [0.4, 0.5) is 35.1 Å². The predicted octanol–water partition coefficient (Wildman–Crippen LogP) is 2.79. The molecule has 10 heteroatoms. The van der Waals surface area contributed by atoms with Crippen LogP contribution in [0.25, 0.3) is 0 Å². The lowest BCUT2D eigenvalue weighted by Gasteiger charge is -2.35. The van der Waals surface area contributed by atoms with Crippen molar-refractivity contribution in [1.29, 1.82) is 0 Å². The van der Waals surface area contributed by atoms with Gasteiger partial charge in [-0.05, 0) is 19.1 Å². The van der Waals surface area contributed by atoms with Crippen molar-refractivity contribution in [1.82, 2.24) is 15.0 Å². The van der Waals surface area contributed by atoms with Crippen LogP contribution in [0, 0.1) is 5.82 Å². The zero-order valence-electron chi connectivity index (χ0n) is 14.1. The summed E-state index contributed by atoms with van der Waals surface area (Å²) in [6, 6.07) is 2.25. The molecule has 1 aliphatic rings. The highest BCUT2D eigenvalue weighted by Gasteiger charge is 2.32. The maximum absolute atomic E-state index is 14.1. The topological polar surface area (TPSA) is 57.2 Å². The molecule has 0 atom stereocenters. The van der Waals surface area contributed by atoms with Crippen molar-refractivity contribution in [3.05, 3.63) is 35.9 Å². The Morgan fingerprint density at radius 2 is 1.81 bits per heavy atom. The fourth-order valence-corrected chi connectivity index (χ4v) is 2.72. The van der Waals surface area contributed by atoms with E-state index in [2.05, 4.69) is 20.3 Å². The maximum atomic E-state index is 14.1. The molecule has 0 aliphatic carbocycles. The van der Waals surface area contributed by atoms with Gasteiger partial charge >= 0.3 is 6.18 Å². The molecule has 0 saturated carbocycles. The van der Waals surface area contributed by atoms with Gasteiger partial charge in [0.05, 0.1) is 5.56 Å². The number of hydrogen-bond acceptors (Lipinski definition) is 6. The summed E-state index contributed by atoms with van der Waals surface area (Å²) in [6.45, 7) is 4.54. The second-order valence-electron chi connectivity index (χ2n) is 5.77. The van der Waals surface area contributed by atoms with E-state index in [0.29, 0.717) is 44.4 Å². The molecule has 1 aliphatic heterocycles. The number of hydrogen-bond donors (Lipinski definition) is 1. The Balaban J connectivity index is 1.68. The van der Waals surface area contributed by atoms with Crippen molar-refractivity contribution in [2.24, 2.45) is 0 Å². The molecule has 6 nitrogen and oxygen atoms in total. The van der Waals surface area contributed by atoms with Crippen LogP contribution < -0.4 is 15.1 Å². The van der Waals surface area contributed by atoms with E-state index in [1.807, 2.05) is 11.8 Å². The molecule has 0 amide bonds. The highest BCUT2D eigenvalue weighted by Crippen LogP contribution is 2.31. The molecule has 1 saturated heterocycles. The van der Waals surface area contributed by atoms with E-state index in [9.17, 15) is 17.6 Å². The van der Waals surface area contributed by atoms with Crippen molar-refractivity contribution in [2.75, 3.05) is 47.8 Å². The molecule has 1 fully saturated rings. The number of nitrogens with zero attached hydrogens (tertiary/aromatic N) is 5. The van der Waals surface area contributed by atoms with Gasteiger partial charge in [0.15, 0.2) is 11.6 Å². The van der Waals surface area contributed by atoms with E-state index in [-0.39, 0.29) is 5.82 Å². The molecule has 0 bridgehead atoms. The highest BCUT2D eigenvalue weighted by atomic mass is 19.4. The molecule has 0 radical (unpaired) electrons. The third-order valence-electron chi connectivity index (χ3n) is 4.01. The number of alkyl halides is 3. The van der Waals surface area contributed by atoms with E-state index in [1.165, 1.54) is 0 Å². The number of anilines is 3. The van der Waals surface area contributed by atoms with Gasteiger partial charge in [-0.15, -0.1) is 0 Å². The third kappa shape index (κ3) is 3.94. The Bertz CT molecular complexity index is 759. The van der Waals surface area contributed by atoms with E-state index >= 15 is 0 Å². The maximum Gasteiger partial charge on any atom is 0.417 e. The molecular weight excluding hydrogens is 352 g/mol. The van der Waals surface area contributed by atoms with Crippen LogP contribution in [0.15, 0.2) is 24.5 Å². The van der Waals surface area contributed by atoms with Gasteiger partial charge < -0.3 is 15.1 Å². The van der Waals surface area contributed by atoms with Crippen LogP contribution in [0.3, 0.4) is 0 Å². The zero-order valence-corrected chi connectivity index (χ0v) is 14.1. The van der Waals surface area contributed by atoms with E-state index in [0.717, 1.165) is 12.4 Å². The summed E-state index contributed by atoms with van der Waals surface area (Å²) in [5.74, 6) is 0.234. The van der Waals surface area contributed by atoms with Crippen LogP contribution in [0.2, 0.25) is 0 Å². The molecule has 3 heterocycles. The number of aromatic nitrogens is 3. The number of nitrogens with one attached hydrogen (secondary N) is 1. The normalized spacial score (nSPS) is 15.3. The van der Waals surface area contributed by atoms with Crippen molar-refractivity contribution >= 4 is 17.6 Å². The average molecular weight is 370 g/mol. The first-order valence-electron chi connectivity index (χ1n) is 8.18. The summed E-state index contributed by atoms with van der Waals surface area (Å²) in [4.78, 5) is 15.9. The first-order valence-corrected chi connectivity index (χ1v) is 8.18. The Hall–Kier alpha value is -2.65. The number of piperazine rings is 1. The first kappa shape index (κ1) is 18.2. The Morgan fingerprint density at radius 1 is 1.12 bits per heavy atom. The molecule has 2 aromatic heterocycles. The number of rotatable bonds is 4. The highest BCUT2D eigenvalue weighted by molar-refractivity contribution is 5.46. The second-order valence-corrected chi connectivity index (χ2v) is 5.77. The van der Waals surface area contributed by atoms with Gasteiger partial charge in [-0.1, -0.05) is 0 Å². The zero-order chi connectivity index (χ0) is 18.7. The largest absolute Gasteiger partial charge is 0.417 e. The van der Waals surface area contributed by atoms with Crippen LogP contribution in [0.5, 0.6) is 0 Å². The molecule has 3 rings (SSSR count). The van der Waals surface area contributed by atoms with Crippen molar-refractivity contribution in [3.63, 3.8) is 0 Å². The summed E-state index contributed by atoms with van der Waals surface area (Å²) >= 11 is 0. The summed E-state index contributed by atoms with van der Waals surface area (Å²) in [5, 5.41) is 3.11. The lowest BCUT2D eigenvalue weighted by atomic mass is 10.2. The minimum Gasteiger partial charge on any atom is -0.370 e. The third-order valence-corrected chi connectivity index (χ3v) is 4.01. The Kier molecular flexibility index (Phi) is 5.10. The van der Waals surface area contributed by atoms with Gasteiger partial charge in [-0.2, -0.15) is 18.2 Å². The van der Waals surface area contributed by atoms with Gasteiger partial charge in [0.1, 0.15) is 5.82 Å². The predicted molar refractivity (Wildman–Crippen MR) is 89.8 cm³/mol. The Labute approximate surface area is 147 Å². The lowest BCUT2D eigenvalue weighted by Crippen LogP contribution is -2.47. The molecule has 2 aromatic rings. The smallest absolute Gasteiger partial charge is 0.370 e. The van der Waals surface area contributed by atoms with Crippen LogP contribution in [0.1, 0.15) is 12.5 Å². The summed E-state index contributed by atoms with van der Waals surface area (Å²) in [7, 11) is 0. The van der Waals surface area contributed by atoms with E-state index < -0.39 is 17.6 Å². The first-order chi connectivity index (χ1) is 12.4. The van der Waals surface area contributed by atoms with Gasteiger partial charge in [0.25, 0.3) is 0 Å². The standard InChI is InChI=1S/C16H18F4N6/c1-2-21-13-3-4-22-15(24-13)26-7-5-25(6-8-26)14-12(17)9-11(10-23-14)16(18,19)20/h3-4,9-10H,2,5-8H2,1H3,(H,21,22,24). The van der Waals surface area contributed by atoms with Gasteiger partial charge in [0, 0.05) is 45.1 Å². The van der Waals surface area contributed by atoms with Gasteiger partial charge in [0.2, 0.25) is 5.95 Å². The van der Waals surface area contributed by atoms with Crippen LogP contribution in [-0.4, -0.2) is 47.7 Å².